The van der Waals surface area contributed by atoms with Crippen LogP contribution in [0.4, 0.5) is 4.39 Å². The van der Waals surface area contributed by atoms with Gasteiger partial charge in [-0.3, -0.25) is 4.79 Å². The number of halogens is 1. The lowest BCUT2D eigenvalue weighted by molar-refractivity contribution is 0.543. The lowest BCUT2D eigenvalue weighted by Crippen LogP contribution is -2.32. The molecule has 1 aromatic carbocycles. The lowest BCUT2D eigenvalue weighted by atomic mass is 10.4. The van der Waals surface area contributed by atoms with Crippen molar-refractivity contribution in [1.82, 2.24) is 14.5 Å². The van der Waals surface area contributed by atoms with Gasteiger partial charge in [-0.05, 0) is 31.2 Å². The molecule has 0 aliphatic heterocycles. The molecule has 1 N–H and O–H groups in total. The first kappa shape index (κ1) is 15.3. The Morgan fingerprint density at radius 2 is 2.05 bits per heavy atom. The third-order valence-corrected chi connectivity index (χ3v) is 4.18. The van der Waals surface area contributed by atoms with Crippen molar-refractivity contribution in [3.05, 3.63) is 58.3 Å². The summed E-state index contributed by atoms with van der Waals surface area (Å²) in [6.07, 6.45) is 0. The molecule has 0 bridgehead atoms. The van der Waals surface area contributed by atoms with E-state index in [4.69, 9.17) is 0 Å². The molecule has 0 saturated heterocycles. The van der Waals surface area contributed by atoms with Crippen molar-refractivity contribution in [2.24, 2.45) is 0 Å². The average Bonchev–Trinajstić information content (AvgIpc) is 2.42. The van der Waals surface area contributed by atoms with Crippen LogP contribution in [-0.2, 0) is 16.6 Å². The van der Waals surface area contributed by atoms with Crippen molar-refractivity contribution in [2.75, 3.05) is 6.54 Å². The van der Waals surface area contributed by atoms with Crippen molar-refractivity contribution in [2.45, 2.75) is 18.4 Å². The molecule has 0 unspecified atom stereocenters. The molecular weight excluding hydrogens is 297 g/mol. The van der Waals surface area contributed by atoms with Gasteiger partial charge in [-0.2, -0.15) is 5.10 Å². The molecule has 0 saturated carbocycles. The van der Waals surface area contributed by atoms with Gasteiger partial charge in [-0.1, -0.05) is 6.07 Å². The molecule has 1 heterocycles. The van der Waals surface area contributed by atoms with Gasteiger partial charge in [0.1, 0.15) is 5.82 Å². The fourth-order valence-corrected chi connectivity index (χ4v) is 2.77. The minimum atomic E-state index is -3.81. The molecule has 2 aromatic rings. The van der Waals surface area contributed by atoms with Gasteiger partial charge in [0, 0.05) is 12.6 Å². The summed E-state index contributed by atoms with van der Waals surface area (Å²) in [5.74, 6) is -0.630. The van der Waals surface area contributed by atoms with Crippen molar-refractivity contribution in [3.63, 3.8) is 0 Å². The van der Waals surface area contributed by atoms with E-state index < -0.39 is 15.8 Å². The Bertz CT molecular complexity index is 802. The van der Waals surface area contributed by atoms with Crippen LogP contribution in [0.5, 0.6) is 0 Å². The first-order valence-electron chi connectivity index (χ1n) is 6.18. The van der Waals surface area contributed by atoms with Crippen molar-refractivity contribution >= 4 is 10.0 Å². The van der Waals surface area contributed by atoms with Crippen molar-refractivity contribution in [1.29, 1.82) is 0 Å². The molecule has 0 aliphatic carbocycles. The Hall–Kier alpha value is -2.06. The third kappa shape index (κ3) is 3.96. The summed E-state index contributed by atoms with van der Waals surface area (Å²) in [4.78, 5) is 11.4. The molecule has 6 nitrogen and oxygen atoms in total. The van der Waals surface area contributed by atoms with Gasteiger partial charge in [0.05, 0.1) is 17.1 Å². The monoisotopic (exact) mass is 311 g/mol. The normalized spacial score (nSPS) is 11.5. The Morgan fingerprint density at radius 1 is 1.29 bits per heavy atom. The zero-order chi connectivity index (χ0) is 15.5. The SMILES string of the molecule is Cc1ccc(=O)n(CCNS(=O)(=O)c2cccc(F)c2)n1. The number of benzene rings is 1. The van der Waals surface area contributed by atoms with Crippen LogP contribution < -0.4 is 10.3 Å². The first-order valence-corrected chi connectivity index (χ1v) is 7.67. The van der Waals surface area contributed by atoms with E-state index >= 15 is 0 Å². The van der Waals surface area contributed by atoms with Crippen LogP contribution in [0, 0.1) is 12.7 Å². The van der Waals surface area contributed by atoms with Gasteiger partial charge in [-0.25, -0.2) is 22.2 Å². The highest BCUT2D eigenvalue weighted by Crippen LogP contribution is 2.09. The molecule has 0 amide bonds. The number of nitrogens with one attached hydrogen (secondary N) is 1. The van der Waals surface area contributed by atoms with Crippen molar-refractivity contribution in [3.8, 4) is 0 Å². The van der Waals surface area contributed by atoms with Gasteiger partial charge in [-0.15, -0.1) is 0 Å². The van der Waals surface area contributed by atoms with Gasteiger partial charge in [0.15, 0.2) is 0 Å². The van der Waals surface area contributed by atoms with E-state index in [9.17, 15) is 17.6 Å². The van der Waals surface area contributed by atoms with E-state index in [0.717, 1.165) is 12.1 Å². The second-order valence-electron chi connectivity index (χ2n) is 4.39. The molecule has 0 fully saturated rings. The number of sulfonamides is 1. The molecule has 8 heteroatoms. The summed E-state index contributed by atoms with van der Waals surface area (Å²) < 4.78 is 40.4. The minimum Gasteiger partial charge on any atom is -0.268 e. The predicted molar refractivity (Wildman–Crippen MR) is 74.8 cm³/mol. The van der Waals surface area contributed by atoms with Crippen LogP contribution in [0.3, 0.4) is 0 Å². The summed E-state index contributed by atoms with van der Waals surface area (Å²) in [5, 5.41) is 3.99. The zero-order valence-electron chi connectivity index (χ0n) is 11.3. The molecule has 1 aromatic heterocycles. The molecule has 2 rings (SSSR count). The smallest absolute Gasteiger partial charge is 0.266 e. The average molecular weight is 311 g/mol. The summed E-state index contributed by atoms with van der Waals surface area (Å²) in [5.41, 5.74) is 0.341. The van der Waals surface area contributed by atoms with E-state index in [-0.39, 0.29) is 23.5 Å². The standard InChI is InChI=1S/C13H14FN3O3S/c1-10-5-6-13(18)17(16-10)8-7-15-21(19,20)12-4-2-3-11(14)9-12/h2-6,9,15H,7-8H2,1H3. The number of aryl methyl sites for hydroxylation is 1. The van der Waals surface area contributed by atoms with Crippen LogP contribution in [0.1, 0.15) is 5.69 Å². The Labute approximate surface area is 121 Å². The maximum Gasteiger partial charge on any atom is 0.266 e. The number of rotatable bonds is 5. The second-order valence-corrected chi connectivity index (χ2v) is 6.16. The summed E-state index contributed by atoms with van der Waals surface area (Å²) in [6, 6.07) is 7.65. The topological polar surface area (TPSA) is 81.1 Å². The Balaban J connectivity index is 2.06. The predicted octanol–water partition coefficient (Wildman–Crippen LogP) is 0.669. The summed E-state index contributed by atoms with van der Waals surface area (Å²) in [6.45, 7) is 1.80. The summed E-state index contributed by atoms with van der Waals surface area (Å²) in [7, 11) is -3.81. The lowest BCUT2D eigenvalue weighted by Gasteiger charge is -2.08. The van der Waals surface area contributed by atoms with E-state index in [2.05, 4.69) is 9.82 Å². The number of hydrogen-bond acceptors (Lipinski definition) is 4. The quantitative estimate of drug-likeness (QED) is 0.880. The van der Waals surface area contributed by atoms with E-state index in [0.29, 0.717) is 5.69 Å². The zero-order valence-corrected chi connectivity index (χ0v) is 12.1. The highest BCUT2D eigenvalue weighted by Gasteiger charge is 2.14. The molecule has 112 valence electrons. The van der Waals surface area contributed by atoms with E-state index in [1.54, 1.807) is 13.0 Å². The third-order valence-electron chi connectivity index (χ3n) is 2.72. The molecule has 21 heavy (non-hydrogen) atoms. The summed E-state index contributed by atoms with van der Waals surface area (Å²) >= 11 is 0. The van der Waals surface area contributed by atoms with Crippen LogP contribution in [0.25, 0.3) is 0 Å². The van der Waals surface area contributed by atoms with Crippen LogP contribution >= 0.6 is 0 Å². The number of hydrogen-bond donors (Lipinski definition) is 1. The van der Waals surface area contributed by atoms with E-state index in [1.165, 1.54) is 22.9 Å². The van der Waals surface area contributed by atoms with Gasteiger partial charge in [0.2, 0.25) is 10.0 Å². The van der Waals surface area contributed by atoms with Gasteiger partial charge < -0.3 is 0 Å². The first-order chi connectivity index (χ1) is 9.88. The minimum absolute atomic E-state index is 0.0186. The second kappa shape index (κ2) is 6.15. The van der Waals surface area contributed by atoms with E-state index in [1.807, 2.05) is 0 Å². The molecular formula is C13H14FN3O3S. The maximum atomic E-state index is 13.0. The Kier molecular flexibility index (Phi) is 4.49. The molecule has 0 aliphatic rings. The highest BCUT2D eigenvalue weighted by molar-refractivity contribution is 7.89. The van der Waals surface area contributed by atoms with Gasteiger partial charge >= 0.3 is 0 Å². The number of aromatic nitrogens is 2. The number of nitrogens with zero attached hydrogens (tertiary/aromatic N) is 2. The Morgan fingerprint density at radius 3 is 2.76 bits per heavy atom. The van der Waals surface area contributed by atoms with Crippen LogP contribution in [0.15, 0.2) is 46.1 Å². The maximum absolute atomic E-state index is 13.0. The fraction of sp³-hybridized carbons (Fsp3) is 0.231. The highest BCUT2D eigenvalue weighted by atomic mass is 32.2. The fourth-order valence-electron chi connectivity index (χ4n) is 1.71. The van der Waals surface area contributed by atoms with Crippen LogP contribution in [0.2, 0.25) is 0 Å². The molecule has 0 atom stereocenters. The van der Waals surface area contributed by atoms with Gasteiger partial charge in [0.25, 0.3) is 5.56 Å². The molecule has 0 spiro atoms. The van der Waals surface area contributed by atoms with Crippen molar-refractivity contribution < 1.29 is 12.8 Å². The molecule has 0 radical (unpaired) electrons. The largest absolute Gasteiger partial charge is 0.268 e. The van der Waals surface area contributed by atoms with Crippen LogP contribution in [-0.4, -0.2) is 24.7 Å².